The maximum absolute atomic E-state index is 11.6. The fraction of sp³-hybridized carbons (Fsp3) is 0.333. The Bertz CT molecular complexity index is 447. The van der Waals surface area contributed by atoms with Gasteiger partial charge in [0.15, 0.2) is 0 Å². The van der Waals surface area contributed by atoms with E-state index in [-0.39, 0.29) is 24.4 Å². The summed E-state index contributed by atoms with van der Waals surface area (Å²) in [6.07, 6.45) is 0.436. The Labute approximate surface area is 113 Å². The number of hydrogen-bond acceptors (Lipinski definition) is 3. The van der Waals surface area contributed by atoms with Crippen molar-refractivity contribution in [1.29, 1.82) is 0 Å². The summed E-state index contributed by atoms with van der Waals surface area (Å²) < 4.78 is 0.967. The maximum atomic E-state index is 11.6. The van der Waals surface area contributed by atoms with Gasteiger partial charge in [-0.3, -0.25) is 9.59 Å². The highest BCUT2D eigenvalue weighted by atomic mass is 79.9. The van der Waals surface area contributed by atoms with E-state index in [1.54, 1.807) is 0 Å². The van der Waals surface area contributed by atoms with Gasteiger partial charge in [-0.15, -0.1) is 0 Å². The lowest BCUT2D eigenvalue weighted by molar-refractivity contribution is -0.119. The van der Waals surface area contributed by atoms with E-state index in [2.05, 4.69) is 31.9 Å². The zero-order valence-electron chi connectivity index (χ0n) is 9.70. The predicted octanol–water partition coefficient (Wildman–Crippen LogP) is 0.866. The van der Waals surface area contributed by atoms with Crippen LogP contribution in [0.5, 0.6) is 0 Å². The van der Waals surface area contributed by atoms with Crippen LogP contribution in [-0.4, -0.2) is 30.9 Å². The van der Waals surface area contributed by atoms with Crippen LogP contribution in [0.25, 0.3) is 0 Å². The molecule has 1 saturated heterocycles. The lowest BCUT2D eigenvalue weighted by atomic mass is 10.2. The molecule has 2 rings (SSSR count). The molecule has 1 aliphatic rings. The highest BCUT2D eigenvalue weighted by Crippen LogP contribution is 2.13. The Morgan fingerprint density at radius 1 is 1.39 bits per heavy atom. The molecule has 5 nitrogen and oxygen atoms in total. The van der Waals surface area contributed by atoms with Gasteiger partial charge >= 0.3 is 0 Å². The first-order valence-corrected chi connectivity index (χ1v) is 6.48. The van der Waals surface area contributed by atoms with Crippen molar-refractivity contribution >= 4 is 33.4 Å². The Kier molecular flexibility index (Phi) is 4.33. The van der Waals surface area contributed by atoms with Gasteiger partial charge in [0.05, 0.1) is 6.54 Å². The molecule has 1 fully saturated rings. The standard InChI is InChI=1S/C12H14BrN3O2/c13-8-1-3-9(4-2-8)16-12(18)7-14-10-5-11(17)15-6-10/h1-4,10,14H,5-7H2,(H,15,17)(H,16,18). The Morgan fingerprint density at radius 3 is 2.72 bits per heavy atom. The van der Waals surface area contributed by atoms with Crippen molar-refractivity contribution in [2.75, 3.05) is 18.4 Å². The van der Waals surface area contributed by atoms with Crippen molar-refractivity contribution in [2.45, 2.75) is 12.5 Å². The molecule has 0 radical (unpaired) electrons. The van der Waals surface area contributed by atoms with Crippen LogP contribution in [0.4, 0.5) is 5.69 Å². The van der Waals surface area contributed by atoms with E-state index in [1.165, 1.54) is 0 Å². The van der Waals surface area contributed by atoms with Crippen LogP contribution in [0.15, 0.2) is 28.7 Å². The molecule has 0 saturated carbocycles. The number of halogens is 1. The molecule has 2 amide bonds. The fourth-order valence-corrected chi connectivity index (χ4v) is 1.99. The topological polar surface area (TPSA) is 70.2 Å². The third kappa shape index (κ3) is 3.82. The normalized spacial score (nSPS) is 18.5. The van der Waals surface area contributed by atoms with Crippen LogP contribution in [-0.2, 0) is 9.59 Å². The summed E-state index contributed by atoms with van der Waals surface area (Å²) in [5.41, 5.74) is 0.755. The minimum absolute atomic E-state index is 0.0285. The van der Waals surface area contributed by atoms with E-state index in [4.69, 9.17) is 0 Å². The minimum atomic E-state index is -0.114. The van der Waals surface area contributed by atoms with Gasteiger partial charge < -0.3 is 16.0 Å². The number of amides is 2. The molecule has 1 heterocycles. The average Bonchev–Trinajstić information content (AvgIpc) is 2.76. The van der Waals surface area contributed by atoms with Crippen molar-refractivity contribution in [3.8, 4) is 0 Å². The molecule has 18 heavy (non-hydrogen) atoms. The second-order valence-electron chi connectivity index (χ2n) is 4.14. The van der Waals surface area contributed by atoms with Crippen LogP contribution in [0.3, 0.4) is 0 Å². The van der Waals surface area contributed by atoms with Gasteiger partial charge in [-0.25, -0.2) is 0 Å². The molecule has 1 aromatic rings. The van der Waals surface area contributed by atoms with E-state index in [1.807, 2.05) is 24.3 Å². The number of anilines is 1. The lowest BCUT2D eigenvalue weighted by Crippen LogP contribution is -2.37. The number of hydrogen-bond donors (Lipinski definition) is 3. The highest BCUT2D eigenvalue weighted by molar-refractivity contribution is 9.10. The molecule has 0 spiro atoms. The van der Waals surface area contributed by atoms with E-state index in [9.17, 15) is 9.59 Å². The average molecular weight is 312 g/mol. The molecule has 1 unspecified atom stereocenters. The van der Waals surface area contributed by atoms with Gasteiger partial charge in [0.2, 0.25) is 11.8 Å². The van der Waals surface area contributed by atoms with E-state index >= 15 is 0 Å². The summed E-state index contributed by atoms with van der Waals surface area (Å²) in [4.78, 5) is 22.6. The zero-order valence-corrected chi connectivity index (χ0v) is 11.3. The van der Waals surface area contributed by atoms with Gasteiger partial charge in [-0.1, -0.05) is 15.9 Å². The van der Waals surface area contributed by atoms with E-state index in [0.717, 1.165) is 10.2 Å². The van der Waals surface area contributed by atoms with Crippen LogP contribution in [0.1, 0.15) is 6.42 Å². The number of rotatable bonds is 4. The van der Waals surface area contributed by atoms with Crippen molar-refractivity contribution in [1.82, 2.24) is 10.6 Å². The van der Waals surface area contributed by atoms with Gasteiger partial charge in [-0.05, 0) is 24.3 Å². The summed E-state index contributed by atoms with van der Waals surface area (Å²) in [6.45, 7) is 0.792. The van der Waals surface area contributed by atoms with E-state index in [0.29, 0.717) is 13.0 Å². The maximum Gasteiger partial charge on any atom is 0.238 e. The van der Waals surface area contributed by atoms with E-state index < -0.39 is 0 Å². The van der Waals surface area contributed by atoms with Crippen LogP contribution in [0.2, 0.25) is 0 Å². The number of carbonyl (C=O) groups is 2. The second kappa shape index (κ2) is 5.97. The van der Waals surface area contributed by atoms with Gasteiger partial charge in [-0.2, -0.15) is 0 Å². The molecule has 0 aromatic heterocycles. The van der Waals surface area contributed by atoms with Crippen molar-refractivity contribution in [3.63, 3.8) is 0 Å². The first-order chi connectivity index (χ1) is 8.63. The zero-order chi connectivity index (χ0) is 13.0. The van der Waals surface area contributed by atoms with Crippen molar-refractivity contribution in [3.05, 3.63) is 28.7 Å². The van der Waals surface area contributed by atoms with Gasteiger partial charge in [0.25, 0.3) is 0 Å². The van der Waals surface area contributed by atoms with Crippen LogP contribution in [0, 0.1) is 0 Å². The largest absolute Gasteiger partial charge is 0.354 e. The molecule has 1 aliphatic heterocycles. The Morgan fingerprint density at radius 2 is 2.11 bits per heavy atom. The fourth-order valence-electron chi connectivity index (χ4n) is 1.72. The lowest BCUT2D eigenvalue weighted by Gasteiger charge is -2.10. The smallest absolute Gasteiger partial charge is 0.238 e. The van der Waals surface area contributed by atoms with Crippen LogP contribution >= 0.6 is 15.9 Å². The second-order valence-corrected chi connectivity index (χ2v) is 5.06. The summed E-state index contributed by atoms with van der Waals surface area (Å²) >= 11 is 3.33. The Balaban J connectivity index is 1.75. The molecule has 0 aliphatic carbocycles. The van der Waals surface area contributed by atoms with Gasteiger partial charge in [0, 0.05) is 29.2 Å². The number of nitrogens with one attached hydrogen (secondary N) is 3. The summed E-state index contributed by atoms with van der Waals surface area (Å²) in [7, 11) is 0. The molecule has 96 valence electrons. The minimum Gasteiger partial charge on any atom is -0.354 e. The first kappa shape index (κ1) is 13.0. The molecule has 6 heteroatoms. The highest BCUT2D eigenvalue weighted by Gasteiger charge is 2.21. The van der Waals surface area contributed by atoms with Gasteiger partial charge in [0.1, 0.15) is 0 Å². The summed E-state index contributed by atoms with van der Waals surface area (Å²) in [6, 6.07) is 7.42. The van der Waals surface area contributed by atoms with Crippen molar-refractivity contribution < 1.29 is 9.59 Å². The monoisotopic (exact) mass is 311 g/mol. The third-order valence-corrected chi connectivity index (χ3v) is 3.19. The predicted molar refractivity (Wildman–Crippen MR) is 72.2 cm³/mol. The SMILES string of the molecule is O=C1CC(NCC(=O)Nc2ccc(Br)cc2)CN1. The van der Waals surface area contributed by atoms with Crippen LogP contribution < -0.4 is 16.0 Å². The summed E-state index contributed by atoms with van der Waals surface area (Å²) in [5.74, 6) is -0.0857. The molecule has 1 aromatic carbocycles. The summed E-state index contributed by atoms with van der Waals surface area (Å²) in [5, 5.41) is 8.53. The first-order valence-electron chi connectivity index (χ1n) is 5.69. The Hall–Kier alpha value is -1.40. The van der Waals surface area contributed by atoms with Crippen molar-refractivity contribution in [2.24, 2.45) is 0 Å². The third-order valence-electron chi connectivity index (χ3n) is 2.66. The quantitative estimate of drug-likeness (QED) is 0.772. The molecule has 3 N–H and O–H groups in total. The molecule has 0 bridgehead atoms. The molecular weight excluding hydrogens is 298 g/mol. The number of carbonyl (C=O) groups excluding carboxylic acids is 2. The molecule has 1 atom stereocenters. The number of benzene rings is 1. The molecular formula is C12H14BrN3O2.